The molecule has 0 saturated carbocycles. The van der Waals surface area contributed by atoms with Crippen molar-refractivity contribution >= 4 is 0 Å². The van der Waals surface area contributed by atoms with Crippen LogP contribution in [0.25, 0.3) is 0 Å². The Morgan fingerprint density at radius 2 is 1.67 bits per heavy atom. The minimum absolute atomic E-state index is 0.301. The second kappa shape index (κ2) is 4.49. The normalized spacial score (nSPS) is 11.3. The Hall–Kier alpha value is -0.520. The van der Waals surface area contributed by atoms with Crippen LogP contribution in [-0.2, 0) is 0 Å². The van der Waals surface area contributed by atoms with Crippen molar-refractivity contribution in [2.24, 2.45) is 5.41 Å². The Labute approximate surface area is 77.4 Å². The summed E-state index contributed by atoms with van der Waals surface area (Å²) in [5.41, 5.74) is 2.91. The predicted molar refractivity (Wildman–Crippen MR) is 57.3 cm³/mol. The van der Waals surface area contributed by atoms with Crippen molar-refractivity contribution in [1.82, 2.24) is 0 Å². The van der Waals surface area contributed by atoms with Gasteiger partial charge in [-0.05, 0) is 31.6 Å². The van der Waals surface area contributed by atoms with Crippen molar-refractivity contribution in [2.45, 2.75) is 47.0 Å². The molecule has 0 fully saturated rings. The highest BCUT2D eigenvalue weighted by Gasteiger charge is 2.18. The topological polar surface area (TPSA) is 0 Å². The summed E-state index contributed by atoms with van der Waals surface area (Å²) in [7, 11) is 0. The van der Waals surface area contributed by atoms with Gasteiger partial charge in [0.1, 0.15) is 0 Å². The van der Waals surface area contributed by atoms with Crippen LogP contribution >= 0.6 is 0 Å². The number of rotatable bonds is 5. The van der Waals surface area contributed by atoms with Gasteiger partial charge in [-0.15, -0.1) is 6.58 Å². The van der Waals surface area contributed by atoms with E-state index in [1.54, 1.807) is 0 Å². The molecule has 0 aromatic carbocycles. The summed E-state index contributed by atoms with van der Waals surface area (Å²) in [6.45, 7) is 16.8. The Kier molecular flexibility index (Phi) is 4.30. The monoisotopic (exact) mass is 166 g/mol. The maximum absolute atomic E-state index is 4.13. The molecule has 0 aliphatic heterocycles. The molecule has 0 N–H and O–H groups in total. The van der Waals surface area contributed by atoms with Crippen molar-refractivity contribution in [3.05, 3.63) is 24.3 Å². The molecular formula is C12H22. The van der Waals surface area contributed by atoms with Crippen molar-refractivity contribution in [3.63, 3.8) is 0 Å². The van der Waals surface area contributed by atoms with E-state index >= 15 is 0 Å². The first kappa shape index (κ1) is 11.5. The standard InChI is InChI=1S/C12H22/c1-7-12(5,6)11(4)9-8-10(2)3/h2,4,7-9H2,1,3,5-6H3. The molecule has 0 aromatic heterocycles. The van der Waals surface area contributed by atoms with Gasteiger partial charge in [-0.2, -0.15) is 0 Å². The lowest BCUT2D eigenvalue weighted by atomic mass is 9.80. The Morgan fingerprint density at radius 1 is 1.17 bits per heavy atom. The molecule has 0 aliphatic carbocycles. The molecule has 0 bridgehead atoms. The zero-order chi connectivity index (χ0) is 9.78. The first-order chi connectivity index (χ1) is 5.40. The van der Waals surface area contributed by atoms with Crippen molar-refractivity contribution in [2.75, 3.05) is 0 Å². The summed E-state index contributed by atoms with van der Waals surface area (Å²) in [5, 5.41) is 0. The zero-order valence-electron chi connectivity index (χ0n) is 9.04. The van der Waals surface area contributed by atoms with Gasteiger partial charge in [0.25, 0.3) is 0 Å². The van der Waals surface area contributed by atoms with Crippen molar-refractivity contribution in [3.8, 4) is 0 Å². The summed E-state index contributed by atoms with van der Waals surface area (Å²) < 4.78 is 0. The fourth-order valence-electron chi connectivity index (χ4n) is 0.953. The molecule has 0 nitrogen and oxygen atoms in total. The zero-order valence-corrected chi connectivity index (χ0v) is 9.04. The van der Waals surface area contributed by atoms with Gasteiger partial charge >= 0.3 is 0 Å². The predicted octanol–water partition coefficient (Wildman–Crippen LogP) is 4.34. The third-order valence-electron chi connectivity index (χ3n) is 2.69. The fourth-order valence-corrected chi connectivity index (χ4v) is 0.953. The number of allylic oxidation sites excluding steroid dienone is 2. The van der Waals surface area contributed by atoms with E-state index in [0.717, 1.165) is 12.8 Å². The molecule has 12 heavy (non-hydrogen) atoms. The van der Waals surface area contributed by atoms with Crippen molar-refractivity contribution < 1.29 is 0 Å². The summed E-state index contributed by atoms with van der Waals surface area (Å²) in [5.74, 6) is 0. The van der Waals surface area contributed by atoms with Crippen LogP contribution in [0.15, 0.2) is 24.3 Å². The maximum Gasteiger partial charge on any atom is -0.0150 e. The van der Waals surface area contributed by atoms with Gasteiger partial charge in [0.15, 0.2) is 0 Å². The molecule has 0 aromatic rings. The van der Waals surface area contributed by atoms with E-state index in [-0.39, 0.29) is 0 Å². The van der Waals surface area contributed by atoms with Gasteiger partial charge < -0.3 is 0 Å². The van der Waals surface area contributed by atoms with E-state index in [4.69, 9.17) is 0 Å². The second-order valence-corrected chi connectivity index (χ2v) is 4.30. The molecule has 0 saturated heterocycles. The molecule has 0 amide bonds. The minimum atomic E-state index is 0.301. The van der Waals surface area contributed by atoms with Gasteiger partial charge in [0.2, 0.25) is 0 Å². The summed E-state index contributed by atoms with van der Waals surface area (Å²) in [6, 6.07) is 0. The lowest BCUT2D eigenvalue weighted by Crippen LogP contribution is -2.12. The average molecular weight is 166 g/mol. The second-order valence-electron chi connectivity index (χ2n) is 4.30. The van der Waals surface area contributed by atoms with Gasteiger partial charge in [-0.3, -0.25) is 0 Å². The van der Waals surface area contributed by atoms with Gasteiger partial charge in [0, 0.05) is 0 Å². The Bertz CT molecular complexity index is 172. The van der Waals surface area contributed by atoms with Crippen LogP contribution in [0.4, 0.5) is 0 Å². The van der Waals surface area contributed by atoms with Crippen LogP contribution in [0, 0.1) is 5.41 Å². The van der Waals surface area contributed by atoms with Gasteiger partial charge in [-0.25, -0.2) is 0 Å². The molecule has 70 valence electrons. The van der Waals surface area contributed by atoms with E-state index in [1.807, 2.05) is 0 Å². The summed E-state index contributed by atoms with van der Waals surface area (Å²) >= 11 is 0. The lowest BCUT2D eigenvalue weighted by molar-refractivity contribution is 0.415. The number of hydrogen-bond donors (Lipinski definition) is 0. The first-order valence-corrected chi connectivity index (χ1v) is 4.72. The highest BCUT2D eigenvalue weighted by Crippen LogP contribution is 2.32. The van der Waals surface area contributed by atoms with Crippen LogP contribution in [-0.4, -0.2) is 0 Å². The van der Waals surface area contributed by atoms with E-state index < -0.39 is 0 Å². The summed E-state index contributed by atoms with van der Waals surface area (Å²) in [4.78, 5) is 0. The Balaban J connectivity index is 3.96. The van der Waals surface area contributed by atoms with Crippen molar-refractivity contribution in [1.29, 1.82) is 0 Å². The Morgan fingerprint density at radius 3 is 2.00 bits per heavy atom. The molecule has 0 rings (SSSR count). The third kappa shape index (κ3) is 3.75. The molecule has 0 atom stereocenters. The molecule has 0 spiro atoms. The highest BCUT2D eigenvalue weighted by molar-refractivity contribution is 5.08. The van der Waals surface area contributed by atoms with E-state index in [0.29, 0.717) is 5.41 Å². The smallest absolute Gasteiger partial charge is 0.0150 e. The highest BCUT2D eigenvalue weighted by atomic mass is 14.2. The molecule has 0 unspecified atom stereocenters. The van der Waals surface area contributed by atoms with E-state index in [2.05, 4.69) is 40.9 Å². The summed E-state index contributed by atoms with van der Waals surface area (Å²) in [6.07, 6.45) is 3.35. The third-order valence-corrected chi connectivity index (χ3v) is 2.69. The van der Waals surface area contributed by atoms with Gasteiger partial charge in [0.05, 0.1) is 0 Å². The largest absolute Gasteiger partial charge is 0.100 e. The van der Waals surface area contributed by atoms with Crippen LogP contribution in [0.3, 0.4) is 0 Å². The molecule has 0 heteroatoms. The van der Waals surface area contributed by atoms with Crippen LogP contribution in [0.5, 0.6) is 0 Å². The van der Waals surface area contributed by atoms with Crippen LogP contribution in [0.2, 0.25) is 0 Å². The average Bonchev–Trinajstić information content (AvgIpc) is 2.00. The van der Waals surface area contributed by atoms with Gasteiger partial charge in [-0.1, -0.05) is 38.5 Å². The maximum atomic E-state index is 4.13. The molecule has 0 radical (unpaired) electrons. The molecule has 0 heterocycles. The van der Waals surface area contributed by atoms with Crippen LogP contribution < -0.4 is 0 Å². The minimum Gasteiger partial charge on any atom is -0.100 e. The quantitative estimate of drug-likeness (QED) is 0.533. The first-order valence-electron chi connectivity index (χ1n) is 4.72. The fraction of sp³-hybridized carbons (Fsp3) is 0.667. The van der Waals surface area contributed by atoms with E-state index in [1.165, 1.54) is 17.6 Å². The SMILES string of the molecule is C=C(C)CCC(=C)C(C)(C)CC. The number of hydrogen-bond acceptors (Lipinski definition) is 0. The molecular weight excluding hydrogens is 144 g/mol. The van der Waals surface area contributed by atoms with E-state index in [9.17, 15) is 0 Å². The molecule has 0 aliphatic rings. The lowest BCUT2D eigenvalue weighted by Gasteiger charge is -2.25. The van der Waals surface area contributed by atoms with Crippen LogP contribution in [0.1, 0.15) is 47.0 Å².